The van der Waals surface area contributed by atoms with E-state index in [2.05, 4.69) is 0 Å². The van der Waals surface area contributed by atoms with E-state index < -0.39 is 17.7 Å². The first kappa shape index (κ1) is 25.4. The maximum Gasteiger partial charge on any atom is 0.295 e. The average Bonchev–Trinajstić information content (AvgIpc) is 3.13. The van der Waals surface area contributed by atoms with Gasteiger partial charge in [0.05, 0.1) is 25.3 Å². The number of aliphatic hydroxyl groups excluding tert-OH is 1. The second-order valence-corrected chi connectivity index (χ2v) is 8.85. The van der Waals surface area contributed by atoms with Gasteiger partial charge in [0.2, 0.25) is 0 Å². The lowest BCUT2D eigenvalue weighted by Gasteiger charge is -2.26. The van der Waals surface area contributed by atoms with Gasteiger partial charge in [0.1, 0.15) is 19.0 Å². The van der Waals surface area contributed by atoms with Gasteiger partial charge in [-0.25, -0.2) is 0 Å². The number of hydrogen-bond acceptors (Lipinski definition) is 8. The number of carbonyl (C=O) groups excluding carboxylic acids is 2. The molecule has 0 saturated carbocycles. The molecule has 0 aromatic heterocycles. The van der Waals surface area contributed by atoms with Crippen LogP contribution < -0.4 is 18.9 Å². The topological polar surface area (TPSA) is 97.8 Å². The van der Waals surface area contributed by atoms with Crippen LogP contribution in [0.1, 0.15) is 30.5 Å². The minimum Gasteiger partial charge on any atom is -0.507 e. The highest BCUT2D eigenvalue weighted by Crippen LogP contribution is 2.43. The van der Waals surface area contributed by atoms with E-state index in [1.807, 2.05) is 25.9 Å². The summed E-state index contributed by atoms with van der Waals surface area (Å²) in [5.74, 6) is 0.432. The molecule has 0 aliphatic carbocycles. The van der Waals surface area contributed by atoms with Crippen LogP contribution in [0.25, 0.3) is 5.76 Å². The van der Waals surface area contributed by atoms with Crippen LogP contribution in [0.3, 0.4) is 0 Å². The fourth-order valence-corrected chi connectivity index (χ4v) is 4.49. The number of benzene rings is 2. The Kier molecular flexibility index (Phi) is 7.69. The first-order valence-electron chi connectivity index (χ1n) is 12.0. The Morgan fingerprint density at radius 2 is 1.83 bits per heavy atom. The number of hydrogen-bond donors (Lipinski definition) is 1. The molecule has 1 amide bonds. The van der Waals surface area contributed by atoms with Crippen molar-refractivity contribution in [3.05, 3.63) is 53.1 Å². The van der Waals surface area contributed by atoms with E-state index in [4.69, 9.17) is 18.9 Å². The van der Waals surface area contributed by atoms with E-state index in [1.54, 1.807) is 36.4 Å². The van der Waals surface area contributed by atoms with Crippen LogP contribution in [0.4, 0.5) is 0 Å². The Balaban J connectivity index is 1.81. The molecular formula is C27H32N2O7. The lowest BCUT2D eigenvalue weighted by molar-refractivity contribution is -0.139. The van der Waals surface area contributed by atoms with Crippen LogP contribution in [0.2, 0.25) is 0 Å². The number of ether oxygens (including phenoxy) is 4. The summed E-state index contributed by atoms with van der Waals surface area (Å²) in [7, 11) is 5.43. The number of fused-ring (bicyclic) bond motifs is 1. The molecular weight excluding hydrogens is 464 g/mol. The van der Waals surface area contributed by atoms with Crippen LogP contribution in [-0.4, -0.2) is 80.7 Å². The third-order valence-electron chi connectivity index (χ3n) is 6.16. The van der Waals surface area contributed by atoms with Gasteiger partial charge in [-0.2, -0.15) is 0 Å². The third-order valence-corrected chi connectivity index (χ3v) is 6.16. The largest absolute Gasteiger partial charge is 0.507 e. The van der Waals surface area contributed by atoms with Gasteiger partial charge in [-0.3, -0.25) is 9.59 Å². The number of likely N-dealkylation sites (tertiary alicyclic amines) is 1. The number of amides is 1. The number of Topliss-reactive ketones (excluding diaryl/α,β-unsaturated/α-hetero) is 1. The van der Waals surface area contributed by atoms with E-state index in [0.717, 1.165) is 6.54 Å². The Labute approximate surface area is 210 Å². The molecule has 0 radical (unpaired) electrons. The minimum atomic E-state index is -0.787. The Bertz CT molecular complexity index is 1170. The molecule has 1 saturated heterocycles. The summed E-state index contributed by atoms with van der Waals surface area (Å²) in [5.41, 5.74) is 1.03. The van der Waals surface area contributed by atoms with Gasteiger partial charge < -0.3 is 33.9 Å². The molecule has 2 aromatic rings. The second kappa shape index (κ2) is 10.9. The van der Waals surface area contributed by atoms with Crippen molar-refractivity contribution < 1.29 is 33.6 Å². The van der Waals surface area contributed by atoms with Gasteiger partial charge in [-0.1, -0.05) is 6.07 Å². The summed E-state index contributed by atoms with van der Waals surface area (Å²) in [6.07, 6.45) is 0.661. The Morgan fingerprint density at radius 1 is 1.08 bits per heavy atom. The molecule has 1 unspecified atom stereocenters. The first-order chi connectivity index (χ1) is 17.3. The van der Waals surface area contributed by atoms with Crippen molar-refractivity contribution in [3.63, 3.8) is 0 Å². The monoisotopic (exact) mass is 496 g/mol. The molecule has 2 aliphatic rings. The Morgan fingerprint density at radius 3 is 2.53 bits per heavy atom. The second-order valence-electron chi connectivity index (χ2n) is 8.85. The maximum atomic E-state index is 13.3. The quantitative estimate of drug-likeness (QED) is 0.321. The molecule has 2 aromatic carbocycles. The third kappa shape index (κ3) is 4.97. The van der Waals surface area contributed by atoms with Crippen molar-refractivity contribution in [3.8, 4) is 23.0 Å². The van der Waals surface area contributed by atoms with Crippen LogP contribution in [0, 0.1) is 0 Å². The molecule has 2 aliphatic heterocycles. The van der Waals surface area contributed by atoms with Gasteiger partial charge >= 0.3 is 0 Å². The number of rotatable bonds is 9. The highest BCUT2D eigenvalue weighted by atomic mass is 16.6. The maximum absolute atomic E-state index is 13.3. The number of methoxy groups -OCH3 is 1. The highest BCUT2D eigenvalue weighted by Gasteiger charge is 2.46. The molecule has 1 fully saturated rings. The van der Waals surface area contributed by atoms with Crippen LogP contribution in [0.5, 0.6) is 23.0 Å². The van der Waals surface area contributed by atoms with Crippen LogP contribution in [-0.2, 0) is 9.59 Å². The zero-order valence-corrected chi connectivity index (χ0v) is 21.1. The summed E-state index contributed by atoms with van der Waals surface area (Å²) >= 11 is 0. The van der Waals surface area contributed by atoms with Gasteiger partial charge in [0.15, 0.2) is 23.0 Å². The predicted octanol–water partition coefficient (Wildman–Crippen LogP) is 3.24. The molecule has 9 nitrogen and oxygen atoms in total. The van der Waals surface area contributed by atoms with E-state index >= 15 is 0 Å². The van der Waals surface area contributed by atoms with Crippen LogP contribution >= 0.6 is 0 Å². The lowest BCUT2D eigenvalue weighted by Crippen LogP contribution is -2.32. The molecule has 0 spiro atoms. The zero-order chi connectivity index (χ0) is 25.8. The van der Waals surface area contributed by atoms with Crippen molar-refractivity contribution >= 4 is 17.4 Å². The number of ketones is 1. The van der Waals surface area contributed by atoms with Crippen molar-refractivity contribution in [1.29, 1.82) is 0 Å². The summed E-state index contributed by atoms with van der Waals surface area (Å²) in [6.45, 7) is 4.25. The molecule has 36 heavy (non-hydrogen) atoms. The van der Waals surface area contributed by atoms with Crippen molar-refractivity contribution in [2.75, 3.05) is 54.1 Å². The highest BCUT2D eigenvalue weighted by molar-refractivity contribution is 6.46. The standard InChI is InChI=1S/C27H32N2O7/c1-5-34-19-9-7-17(15-21(19)33-4)24-23(26(31)27(32)29(24)12-6-11-28(2)3)25(30)18-8-10-20-22(16-18)36-14-13-35-20/h7-10,15-16,24,30H,5-6,11-14H2,1-4H3/b25-23-. The lowest BCUT2D eigenvalue weighted by atomic mass is 9.94. The van der Waals surface area contributed by atoms with E-state index in [-0.39, 0.29) is 11.3 Å². The van der Waals surface area contributed by atoms with E-state index in [1.165, 1.54) is 12.0 Å². The molecule has 1 N–H and O–H groups in total. The van der Waals surface area contributed by atoms with Gasteiger partial charge in [0.25, 0.3) is 11.7 Å². The van der Waals surface area contributed by atoms with Crippen LogP contribution in [0.15, 0.2) is 42.0 Å². The Hall–Kier alpha value is -3.72. The van der Waals surface area contributed by atoms with Crippen molar-refractivity contribution in [2.24, 2.45) is 0 Å². The first-order valence-corrected chi connectivity index (χ1v) is 12.0. The minimum absolute atomic E-state index is 0.0211. The van der Waals surface area contributed by atoms with Crippen molar-refractivity contribution in [1.82, 2.24) is 9.80 Å². The average molecular weight is 497 g/mol. The summed E-state index contributed by atoms with van der Waals surface area (Å²) in [5, 5.41) is 11.4. The normalized spacial score (nSPS) is 18.6. The summed E-state index contributed by atoms with van der Waals surface area (Å²) in [4.78, 5) is 30.0. The molecule has 1 atom stereocenters. The van der Waals surface area contributed by atoms with E-state index in [0.29, 0.717) is 66.9 Å². The van der Waals surface area contributed by atoms with Gasteiger partial charge in [-0.05, 0) is 69.9 Å². The SMILES string of the molecule is CCOc1ccc(C2/C(=C(/O)c3ccc4c(c3)OCCO4)C(=O)C(=O)N2CCCN(C)C)cc1OC. The fourth-order valence-electron chi connectivity index (χ4n) is 4.49. The zero-order valence-electron chi connectivity index (χ0n) is 21.1. The smallest absolute Gasteiger partial charge is 0.295 e. The number of aliphatic hydroxyl groups is 1. The molecule has 2 heterocycles. The molecule has 0 bridgehead atoms. The molecule has 4 rings (SSSR count). The summed E-state index contributed by atoms with van der Waals surface area (Å²) in [6, 6.07) is 9.47. The molecule has 9 heteroatoms. The predicted molar refractivity (Wildman–Crippen MR) is 134 cm³/mol. The van der Waals surface area contributed by atoms with Crippen molar-refractivity contribution in [2.45, 2.75) is 19.4 Å². The summed E-state index contributed by atoms with van der Waals surface area (Å²) < 4.78 is 22.4. The fraction of sp³-hybridized carbons (Fsp3) is 0.407. The number of carbonyl (C=O) groups is 2. The van der Waals surface area contributed by atoms with E-state index in [9.17, 15) is 14.7 Å². The van der Waals surface area contributed by atoms with Gasteiger partial charge in [0, 0.05) is 12.1 Å². The molecule has 192 valence electrons. The number of nitrogens with zero attached hydrogens (tertiary/aromatic N) is 2. The van der Waals surface area contributed by atoms with Gasteiger partial charge in [-0.15, -0.1) is 0 Å².